The van der Waals surface area contributed by atoms with Gasteiger partial charge < -0.3 is 5.32 Å². The van der Waals surface area contributed by atoms with Crippen molar-refractivity contribution >= 4 is 27.7 Å². The number of nitrogens with zero attached hydrogens (tertiary/aromatic N) is 1. The molecule has 1 aromatic carbocycles. The number of halogens is 1. The van der Waals surface area contributed by atoms with Gasteiger partial charge in [0.2, 0.25) is 0 Å². The third kappa shape index (κ3) is 4.23. The number of nitrogens with one attached hydrogen (secondary N) is 1. The molecule has 1 aromatic rings. The fourth-order valence-corrected chi connectivity index (χ4v) is 4.39. The van der Waals surface area contributed by atoms with Crippen molar-refractivity contribution in [3.63, 3.8) is 0 Å². The molecule has 1 aliphatic heterocycles. The highest BCUT2D eigenvalue weighted by molar-refractivity contribution is 9.10. The lowest BCUT2D eigenvalue weighted by Gasteiger charge is -2.38. The van der Waals surface area contributed by atoms with Gasteiger partial charge in [0.15, 0.2) is 0 Å². The van der Waals surface area contributed by atoms with E-state index in [1.54, 1.807) is 0 Å². The Morgan fingerprint density at radius 2 is 2.25 bits per heavy atom. The quantitative estimate of drug-likeness (QED) is 0.860. The average molecular weight is 357 g/mol. The molecule has 1 saturated heterocycles. The van der Waals surface area contributed by atoms with E-state index in [4.69, 9.17) is 0 Å². The van der Waals surface area contributed by atoms with Crippen molar-refractivity contribution in [3.8, 4) is 0 Å². The molecule has 2 rings (SSSR count). The van der Waals surface area contributed by atoms with Gasteiger partial charge in [-0.15, -0.1) is 0 Å². The minimum absolute atomic E-state index is 0.435. The number of hydrogen-bond acceptors (Lipinski definition) is 3. The summed E-state index contributed by atoms with van der Waals surface area (Å²) in [5.74, 6) is 1.27. The molecule has 1 heterocycles. The lowest BCUT2D eigenvalue weighted by Crippen LogP contribution is -2.45. The van der Waals surface area contributed by atoms with E-state index in [9.17, 15) is 0 Å². The summed E-state index contributed by atoms with van der Waals surface area (Å²) in [4.78, 5) is 2.64. The standard InChI is InChI=1S/C16H25BrN2S/c1-12-13(2)20-10-9-19(12)8-7-16(18-3)14-5-4-6-15(17)11-14/h4-6,11-13,16,18H,7-10H2,1-3H3. The Labute approximate surface area is 135 Å². The number of thioether (sulfide) groups is 1. The summed E-state index contributed by atoms with van der Waals surface area (Å²) >= 11 is 5.67. The minimum atomic E-state index is 0.435. The monoisotopic (exact) mass is 356 g/mol. The molecule has 0 bridgehead atoms. The molecule has 0 aliphatic carbocycles. The van der Waals surface area contributed by atoms with E-state index in [2.05, 4.69) is 83.1 Å². The summed E-state index contributed by atoms with van der Waals surface area (Å²) in [6, 6.07) is 9.76. The predicted molar refractivity (Wildman–Crippen MR) is 93.5 cm³/mol. The summed E-state index contributed by atoms with van der Waals surface area (Å²) in [6.45, 7) is 7.12. The summed E-state index contributed by atoms with van der Waals surface area (Å²) in [7, 11) is 2.06. The molecular formula is C16H25BrN2S. The maximum Gasteiger partial charge on any atom is 0.0330 e. The highest BCUT2D eigenvalue weighted by Gasteiger charge is 2.25. The van der Waals surface area contributed by atoms with Gasteiger partial charge in [0, 0.05) is 40.6 Å². The molecule has 0 spiro atoms. The van der Waals surface area contributed by atoms with E-state index in [0.29, 0.717) is 12.1 Å². The molecule has 4 heteroatoms. The number of hydrogen-bond donors (Lipinski definition) is 1. The van der Waals surface area contributed by atoms with Crippen molar-refractivity contribution in [2.45, 2.75) is 37.6 Å². The van der Waals surface area contributed by atoms with Crippen LogP contribution in [0.4, 0.5) is 0 Å². The number of rotatable bonds is 5. The van der Waals surface area contributed by atoms with Crippen molar-refractivity contribution in [1.82, 2.24) is 10.2 Å². The highest BCUT2D eigenvalue weighted by Crippen LogP contribution is 2.26. The normalized spacial score (nSPS) is 25.6. The van der Waals surface area contributed by atoms with Crippen molar-refractivity contribution in [2.24, 2.45) is 0 Å². The third-order valence-electron chi connectivity index (χ3n) is 4.32. The maximum atomic E-state index is 3.56. The Balaban J connectivity index is 1.94. The van der Waals surface area contributed by atoms with Crippen molar-refractivity contribution in [3.05, 3.63) is 34.3 Å². The molecule has 1 aliphatic rings. The summed E-state index contributed by atoms with van der Waals surface area (Å²) in [6.07, 6.45) is 1.16. The second-order valence-electron chi connectivity index (χ2n) is 5.54. The first kappa shape index (κ1) is 16.3. The van der Waals surface area contributed by atoms with E-state index in [1.807, 2.05) is 0 Å². The van der Waals surface area contributed by atoms with E-state index >= 15 is 0 Å². The minimum Gasteiger partial charge on any atom is -0.313 e. The smallest absolute Gasteiger partial charge is 0.0330 e. The molecule has 0 saturated carbocycles. The van der Waals surface area contributed by atoms with Gasteiger partial charge in [-0.1, -0.05) is 35.0 Å². The third-order valence-corrected chi connectivity index (χ3v) is 6.15. The van der Waals surface area contributed by atoms with E-state index < -0.39 is 0 Å². The SMILES string of the molecule is CNC(CCN1CCSC(C)C1C)c1cccc(Br)c1. The van der Waals surface area contributed by atoms with Crippen molar-refractivity contribution in [1.29, 1.82) is 0 Å². The molecule has 1 fully saturated rings. The fraction of sp³-hybridized carbons (Fsp3) is 0.625. The Morgan fingerprint density at radius 1 is 1.45 bits per heavy atom. The van der Waals surface area contributed by atoms with Crippen molar-refractivity contribution in [2.75, 3.05) is 25.9 Å². The van der Waals surface area contributed by atoms with E-state index in [1.165, 1.54) is 24.4 Å². The zero-order chi connectivity index (χ0) is 14.5. The van der Waals surface area contributed by atoms with Gasteiger partial charge in [-0.25, -0.2) is 0 Å². The number of benzene rings is 1. The summed E-state index contributed by atoms with van der Waals surface area (Å²) < 4.78 is 1.16. The van der Waals surface area contributed by atoms with E-state index in [0.717, 1.165) is 16.1 Å². The van der Waals surface area contributed by atoms with Gasteiger partial charge in [-0.2, -0.15) is 11.8 Å². The lowest BCUT2D eigenvalue weighted by atomic mass is 10.0. The maximum absolute atomic E-state index is 3.56. The molecule has 112 valence electrons. The topological polar surface area (TPSA) is 15.3 Å². The van der Waals surface area contributed by atoms with Crippen LogP contribution in [0.2, 0.25) is 0 Å². The molecule has 2 nitrogen and oxygen atoms in total. The second-order valence-corrected chi connectivity index (χ2v) is 7.94. The van der Waals surface area contributed by atoms with Crippen LogP contribution in [0.1, 0.15) is 31.9 Å². The molecule has 0 radical (unpaired) electrons. The summed E-state index contributed by atoms with van der Waals surface area (Å²) in [5, 5.41) is 4.21. The predicted octanol–water partition coefficient (Wildman–Crippen LogP) is 3.93. The Morgan fingerprint density at radius 3 is 2.95 bits per heavy atom. The van der Waals surface area contributed by atoms with Crippen LogP contribution in [0.25, 0.3) is 0 Å². The molecule has 3 atom stereocenters. The first-order valence-corrected chi connectivity index (χ1v) is 9.24. The van der Waals surface area contributed by atoms with Gasteiger partial charge in [0.25, 0.3) is 0 Å². The van der Waals surface area contributed by atoms with Crippen LogP contribution in [0, 0.1) is 0 Å². The largest absolute Gasteiger partial charge is 0.313 e. The molecule has 3 unspecified atom stereocenters. The van der Waals surface area contributed by atoms with Gasteiger partial charge in [0.1, 0.15) is 0 Å². The van der Waals surface area contributed by atoms with Crippen LogP contribution < -0.4 is 5.32 Å². The van der Waals surface area contributed by atoms with Gasteiger partial charge >= 0.3 is 0 Å². The molecule has 20 heavy (non-hydrogen) atoms. The average Bonchev–Trinajstić information content (AvgIpc) is 2.44. The second kappa shape index (κ2) is 7.83. The van der Waals surface area contributed by atoms with E-state index in [-0.39, 0.29) is 0 Å². The van der Waals surface area contributed by atoms with Crippen LogP contribution in [0.5, 0.6) is 0 Å². The van der Waals surface area contributed by atoms with Gasteiger partial charge in [-0.3, -0.25) is 4.90 Å². The van der Waals surface area contributed by atoms with Crippen LogP contribution in [0.3, 0.4) is 0 Å². The molecule has 0 amide bonds. The van der Waals surface area contributed by atoms with Crippen LogP contribution >= 0.6 is 27.7 Å². The zero-order valence-electron chi connectivity index (χ0n) is 12.6. The molecule has 1 N–H and O–H groups in total. The van der Waals surface area contributed by atoms with Crippen LogP contribution in [-0.4, -0.2) is 42.1 Å². The molecule has 0 aromatic heterocycles. The fourth-order valence-electron chi connectivity index (χ4n) is 2.81. The Hall–Kier alpha value is -0.0300. The van der Waals surface area contributed by atoms with Crippen LogP contribution in [0.15, 0.2) is 28.7 Å². The van der Waals surface area contributed by atoms with Gasteiger partial charge in [0.05, 0.1) is 0 Å². The highest BCUT2D eigenvalue weighted by atomic mass is 79.9. The Bertz CT molecular complexity index is 427. The first-order chi connectivity index (χ1) is 9.61. The summed E-state index contributed by atoms with van der Waals surface area (Å²) in [5.41, 5.74) is 1.37. The van der Waals surface area contributed by atoms with Gasteiger partial charge in [-0.05, 0) is 38.1 Å². The van der Waals surface area contributed by atoms with Crippen LogP contribution in [-0.2, 0) is 0 Å². The zero-order valence-corrected chi connectivity index (χ0v) is 15.0. The van der Waals surface area contributed by atoms with Crippen molar-refractivity contribution < 1.29 is 0 Å². The molecular weight excluding hydrogens is 332 g/mol. The Kier molecular flexibility index (Phi) is 6.40. The first-order valence-electron chi connectivity index (χ1n) is 7.40. The lowest BCUT2D eigenvalue weighted by molar-refractivity contribution is 0.203.